The first-order valence-electron chi connectivity index (χ1n) is 6.74. The van der Waals surface area contributed by atoms with Gasteiger partial charge in [-0.2, -0.15) is 0 Å². The van der Waals surface area contributed by atoms with Crippen molar-refractivity contribution in [2.75, 3.05) is 0 Å². The maximum Gasteiger partial charge on any atom is 0.303 e. The summed E-state index contributed by atoms with van der Waals surface area (Å²) in [6.07, 6.45) is 3.08. The van der Waals surface area contributed by atoms with E-state index in [1.165, 1.54) is 6.08 Å². The summed E-state index contributed by atoms with van der Waals surface area (Å²) in [7, 11) is 0. The van der Waals surface area contributed by atoms with Gasteiger partial charge in [0.1, 0.15) is 0 Å². The SMILES string of the molecule is CC1=CC(=O)CC(C)(C)[C@@]1(O)CC[C@H](C)CC(=O)O. The predicted molar refractivity (Wildman–Crippen MR) is 72.8 cm³/mol. The van der Waals surface area contributed by atoms with Crippen molar-refractivity contribution in [2.24, 2.45) is 11.3 Å². The average molecular weight is 268 g/mol. The minimum absolute atomic E-state index is 0.0164. The molecular formula is C15H24O4. The molecule has 0 aromatic heterocycles. The third kappa shape index (κ3) is 3.44. The number of carbonyl (C=O) groups excluding carboxylic acids is 1. The van der Waals surface area contributed by atoms with Gasteiger partial charge in [0.05, 0.1) is 5.60 Å². The van der Waals surface area contributed by atoms with E-state index in [1.807, 2.05) is 20.8 Å². The van der Waals surface area contributed by atoms with Gasteiger partial charge in [0.15, 0.2) is 5.78 Å². The van der Waals surface area contributed by atoms with Gasteiger partial charge in [-0.15, -0.1) is 0 Å². The maximum atomic E-state index is 11.6. The standard InChI is InChI=1S/C15H24O4/c1-10(7-13(17)18)5-6-15(19)11(2)8-12(16)9-14(15,3)4/h8,10,19H,5-7,9H2,1-4H3,(H,17,18)/t10-,15+/m0/s1. The lowest BCUT2D eigenvalue weighted by molar-refractivity contribution is -0.138. The Morgan fingerprint density at radius 2 is 2.05 bits per heavy atom. The van der Waals surface area contributed by atoms with E-state index in [2.05, 4.69) is 0 Å². The Bertz CT molecular complexity index is 408. The molecule has 2 N–H and O–H groups in total. The molecule has 1 aliphatic rings. The Kier molecular flexibility index (Phi) is 4.56. The summed E-state index contributed by atoms with van der Waals surface area (Å²) in [5.41, 5.74) is -0.837. The summed E-state index contributed by atoms with van der Waals surface area (Å²) in [6, 6.07) is 0. The van der Waals surface area contributed by atoms with Gasteiger partial charge in [0.2, 0.25) is 0 Å². The van der Waals surface area contributed by atoms with Crippen molar-refractivity contribution in [3.05, 3.63) is 11.6 Å². The molecule has 0 fully saturated rings. The Balaban J connectivity index is 2.81. The molecule has 0 aliphatic heterocycles. The zero-order chi connectivity index (χ0) is 14.8. The number of rotatable bonds is 5. The minimum atomic E-state index is -1.02. The zero-order valence-electron chi connectivity index (χ0n) is 12.2. The van der Waals surface area contributed by atoms with E-state index in [4.69, 9.17) is 5.11 Å². The highest BCUT2D eigenvalue weighted by atomic mass is 16.4. The molecule has 4 heteroatoms. The summed E-state index contributed by atoms with van der Waals surface area (Å²) in [5, 5.41) is 19.7. The van der Waals surface area contributed by atoms with Crippen LogP contribution in [0.25, 0.3) is 0 Å². The number of carboxylic acid groups (broad SMARTS) is 1. The van der Waals surface area contributed by atoms with Crippen LogP contribution in [0.4, 0.5) is 0 Å². The number of allylic oxidation sites excluding steroid dienone is 1. The summed E-state index contributed by atoms with van der Waals surface area (Å²) in [5.74, 6) is -0.752. The van der Waals surface area contributed by atoms with Gasteiger partial charge in [0, 0.05) is 18.3 Å². The van der Waals surface area contributed by atoms with Gasteiger partial charge in [-0.05, 0) is 37.3 Å². The Morgan fingerprint density at radius 1 is 1.47 bits per heavy atom. The summed E-state index contributed by atoms with van der Waals surface area (Å²) in [6.45, 7) is 7.44. The van der Waals surface area contributed by atoms with Gasteiger partial charge in [0.25, 0.3) is 0 Å². The molecule has 1 aliphatic carbocycles. The van der Waals surface area contributed by atoms with Crippen molar-refractivity contribution in [3.8, 4) is 0 Å². The van der Waals surface area contributed by atoms with Gasteiger partial charge >= 0.3 is 5.97 Å². The maximum absolute atomic E-state index is 11.6. The van der Waals surface area contributed by atoms with Crippen LogP contribution in [-0.2, 0) is 9.59 Å². The number of carbonyl (C=O) groups is 2. The fourth-order valence-electron chi connectivity index (χ4n) is 2.92. The van der Waals surface area contributed by atoms with Crippen LogP contribution < -0.4 is 0 Å². The average Bonchev–Trinajstić information content (AvgIpc) is 2.21. The molecule has 0 radical (unpaired) electrons. The summed E-state index contributed by atoms with van der Waals surface area (Å²) in [4.78, 5) is 22.3. The highest BCUT2D eigenvalue weighted by molar-refractivity contribution is 5.92. The lowest BCUT2D eigenvalue weighted by Crippen LogP contribution is -2.49. The van der Waals surface area contributed by atoms with E-state index >= 15 is 0 Å². The molecule has 0 spiro atoms. The minimum Gasteiger partial charge on any atom is -0.481 e. The fourth-order valence-corrected chi connectivity index (χ4v) is 2.92. The number of ketones is 1. The molecule has 19 heavy (non-hydrogen) atoms. The van der Waals surface area contributed by atoms with Crippen LogP contribution >= 0.6 is 0 Å². The molecular weight excluding hydrogens is 244 g/mol. The van der Waals surface area contributed by atoms with Gasteiger partial charge in [-0.3, -0.25) is 9.59 Å². The van der Waals surface area contributed by atoms with Crippen LogP contribution in [0.5, 0.6) is 0 Å². The smallest absolute Gasteiger partial charge is 0.303 e. The molecule has 0 aromatic carbocycles. The number of hydrogen-bond donors (Lipinski definition) is 2. The molecule has 0 saturated heterocycles. The van der Waals surface area contributed by atoms with Crippen LogP contribution in [0, 0.1) is 11.3 Å². The molecule has 0 unspecified atom stereocenters. The van der Waals surface area contributed by atoms with Gasteiger partial charge in [-0.25, -0.2) is 0 Å². The van der Waals surface area contributed by atoms with Crippen molar-refractivity contribution in [2.45, 2.75) is 59.0 Å². The Morgan fingerprint density at radius 3 is 2.53 bits per heavy atom. The third-order valence-corrected chi connectivity index (χ3v) is 4.29. The molecule has 108 valence electrons. The van der Waals surface area contributed by atoms with E-state index < -0.39 is 17.0 Å². The van der Waals surface area contributed by atoms with E-state index in [1.54, 1.807) is 6.92 Å². The second-order valence-corrected chi connectivity index (χ2v) is 6.46. The molecule has 1 rings (SSSR count). The second-order valence-electron chi connectivity index (χ2n) is 6.46. The van der Waals surface area contributed by atoms with Crippen LogP contribution in [0.3, 0.4) is 0 Å². The predicted octanol–water partition coefficient (Wildman–Crippen LogP) is 2.55. The van der Waals surface area contributed by atoms with Crippen molar-refractivity contribution in [3.63, 3.8) is 0 Å². The second kappa shape index (κ2) is 5.45. The largest absolute Gasteiger partial charge is 0.481 e. The number of aliphatic hydroxyl groups is 1. The van der Waals surface area contributed by atoms with Crippen molar-refractivity contribution in [1.82, 2.24) is 0 Å². The molecule has 0 aromatic rings. The molecule has 0 saturated carbocycles. The summed E-state index contributed by atoms with van der Waals surface area (Å²) >= 11 is 0. The zero-order valence-corrected chi connectivity index (χ0v) is 12.2. The highest BCUT2D eigenvalue weighted by Gasteiger charge is 2.48. The number of hydrogen-bond acceptors (Lipinski definition) is 3. The number of carboxylic acids is 1. The van der Waals surface area contributed by atoms with Crippen molar-refractivity contribution in [1.29, 1.82) is 0 Å². The monoisotopic (exact) mass is 268 g/mol. The Labute approximate surface area is 114 Å². The molecule has 2 atom stereocenters. The van der Waals surface area contributed by atoms with Crippen LogP contribution in [-0.4, -0.2) is 27.6 Å². The van der Waals surface area contributed by atoms with Crippen LogP contribution in [0.2, 0.25) is 0 Å². The van der Waals surface area contributed by atoms with E-state index in [0.29, 0.717) is 24.8 Å². The third-order valence-electron chi connectivity index (χ3n) is 4.29. The lowest BCUT2D eigenvalue weighted by Gasteiger charge is -2.46. The first-order valence-corrected chi connectivity index (χ1v) is 6.74. The van der Waals surface area contributed by atoms with Crippen molar-refractivity contribution >= 4 is 11.8 Å². The molecule has 0 bridgehead atoms. The van der Waals surface area contributed by atoms with Crippen LogP contribution in [0.1, 0.15) is 53.4 Å². The molecule has 4 nitrogen and oxygen atoms in total. The van der Waals surface area contributed by atoms with E-state index in [-0.39, 0.29) is 18.1 Å². The Hall–Kier alpha value is -1.16. The van der Waals surface area contributed by atoms with E-state index in [9.17, 15) is 14.7 Å². The quantitative estimate of drug-likeness (QED) is 0.803. The first kappa shape index (κ1) is 15.9. The topological polar surface area (TPSA) is 74.6 Å². The normalized spacial score (nSPS) is 27.8. The molecule has 0 heterocycles. The van der Waals surface area contributed by atoms with Gasteiger partial charge < -0.3 is 10.2 Å². The highest BCUT2D eigenvalue weighted by Crippen LogP contribution is 2.46. The lowest BCUT2D eigenvalue weighted by atomic mass is 9.62. The summed E-state index contributed by atoms with van der Waals surface area (Å²) < 4.78 is 0. The van der Waals surface area contributed by atoms with Gasteiger partial charge in [-0.1, -0.05) is 20.8 Å². The van der Waals surface area contributed by atoms with E-state index in [0.717, 1.165) is 0 Å². The van der Waals surface area contributed by atoms with Crippen molar-refractivity contribution < 1.29 is 19.8 Å². The fraction of sp³-hybridized carbons (Fsp3) is 0.733. The first-order chi connectivity index (χ1) is 8.58. The number of aliphatic carboxylic acids is 1. The molecule has 0 amide bonds. The van der Waals surface area contributed by atoms with Crippen LogP contribution in [0.15, 0.2) is 11.6 Å².